The first-order valence-electron chi connectivity index (χ1n) is 6.85. The third kappa shape index (κ3) is 2.89. The minimum atomic E-state index is -1.85. The molecule has 1 aromatic carbocycles. The van der Waals surface area contributed by atoms with Crippen LogP contribution in [0.15, 0.2) is 24.3 Å². The van der Waals surface area contributed by atoms with Crippen LogP contribution in [0, 0.1) is 0 Å². The lowest BCUT2D eigenvalue weighted by molar-refractivity contribution is 0.480. The van der Waals surface area contributed by atoms with E-state index in [1.807, 2.05) is 24.3 Å². The van der Waals surface area contributed by atoms with Gasteiger partial charge in [0.25, 0.3) is 8.32 Å². The number of benzene rings is 1. The zero-order valence-electron chi connectivity index (χ0n) is 12.5. The van der Waals surface area contributed by atoms with Crippen LogP contribution in [0.3, 0.4) is 0 Å². The summed E-state index contributed by atoms with van der Waals surface area (Å²) >= 11 is 0. The van der Waals surface area contributed by atoms with Crippen LogP contribution >= 0.6 is 0 Å². The van der Waals surface area contributed by atoms with Crippen molar-refractivity contribution >= 4 is 14.0 Å². The molecule has 0 aliphatic heterocycles. The first-order valence-corrected chi connectivity index (χ1v) is 8.99. The smallest absolute Gasteiger partial charge is 0.258 e. The van der Waals surface area contributed by atoms with Crippen LogP contribution in [-0.4, -0.2) is 8.32 Å². The van der Waals surface area contributed by atoms with Crippen molar-refractivity contribution in [1.82, 2.24) is 0 Å². The Kier molecular flexibility index (Phi) is 4.85. The topological polar surface area (TPSA) is 35.2 Å². The van der Waals surface area contributed by atoms with Crippen LogP contribution in [0.4, 0.5) is 5.69 Å². The lowest BCUT2D eigenvalue weighted by Crippen LogP contribution is -2.50. The van der Waals surface area contributed by atoms with Crippen LogP contribution in [0.5, 0.6) is 5.75 Å². The van der Waals surface area contributed by atoms with Crippen molar-refractivity contribution in [2.24, 2.45) is 0 Å². The van der Waals surface area contributed by atoms with Gasteiger partial charge in [-0.3, -0.25) is 0 Å². The van der Waals surface area contributed by atoms with E-state index in [0.717, 1.165) is 11.4 Å². The van der Waals surface area contributed by atoms with E-state index in [0.29, 0.717) is 16.6 Å². The first-order chi connectivity index (χ1) is 8.30. The fraction of sp³-hybridized carbons (Fsp3) is 0.600. The highest BCUT2D eigenvalue weighted by Gasteiger charge is 2.46. The molecule has 0 radical (unpaired) electrons. The normalized spacial score (nSPS) is 12.5. The van der Waals surface area contributed by atoms with Gasteiger partial charge in [0, 0.05) is 11.8 Å². The molecule has 0 aliphatic carbocycles. The molecule has 1 aromatic rings. The molecule has 3 heteroatoms. The van der Waals surface area contributed by atoms with Gasteiger partial charge in [0.15, 0.2) is 0 Å². The van der Waals surface area contributed by atoms with E-state index < -0.39 is 8.32 Å². The van der Waals surface area contributed by atoms with Gasteiger partial charge < -0.3 is 10.2 Å². The number of rotatable bonds is 5. The van der Waals surface area contributed by atoms with Crippen molar-refractivity contribution in [1.29, 1.82) is 0 Å². The SMILES string of the molecule is CC(C)[Si](Oc1cccc(N)c1)(C(C)C)C(C)C. The predicted octanol–water partition coefficient (Wildman–Crippen LogP) is 4.82. The average Bonchev–Trinajstić information content (AvgIpc) is 2.24. The van der Waals surface area contributed by atoms with Crippen LogP contribution in [-0.2, 0) is 0 Å². The van der Waals surface area contributed by atoms with Crippen LogP contribution < -0.4 is 10.2 Å². The largest absolute Gasteiger partial charge is 0.543 e. The molecule has 0 amide bonds. The van der Waals surface area contributed by atoms with Gasteiger partial charge >= 0.3 is 0 Å². The summed E-state index contributed by atoms with van der Waals surface area (Å²) in [5, 5.41) is 0. The highest BCUT2D eigenvalue weighted by molar-refractivity contribution is 6.78. The minimum Gasteiger partial charge on any atom is -0.543 e. The fourth-order valence-corrected chi connectivity index (χ4v) is 8.38. The molecular weight excluding hydrogens is 238 g/mol. The standard InChI is InChI=1S/C15H27NOSi/c1-11(2)18(12(3)4,13(5)6)17-15-9-7-8-14(16)10-15/h7-13H,16H2,1-6H3. The quantitative estimate of drug-likeness (QED) is 0.611. The molecule has 0 atom stereocenters. The lowest BCUT2D eigenvalue weighted by Gasteiger charge is -2.42. The van der Waals surface area contributed by atoms with Gasteiger partial charge in [-0.15, -0.1) is 0 Å². The Morgan fingerprint density at radius 2 is 1.44 bits per heavy atom. The summed E-state index contributed by atoms with van der Waals surface area (Å²) in [6, 6.07) is 7.82. The second kappa shape index (κ2) is 5.78. The zero-order chi connectivity index (χ0) is 13.9. The van der Waals surface area contributed by atoms with Crippen molar-refractivity contribution in [3.05, 3.63) is 24.3 Å². The Morgan fingerprint density at radius 3 is 1.83 bits per heavy atom. The van der Waals surface area contributed by atoms with Crippen molar-refractivity contribution < 1.29 is 4.43 Å². The summed E-state index contributed by atoms with van der Waals surface area (Å²) < 4.78 is 6.53. The van der Waals surface area contributed by atoms with Crippen LogP contribution in [0.2, 0.25) is 16.6 Å². The van der Waals surface area contributed by atoms with Crippen LogP contribution in [0.25, 0.3) is 0 Å². The van der Waals surface area contributed by atoms with Crippen molar-refractivity contribution in [3.8, 4) is 5.75 Å². The Morgan fingerprint density at radius 1 is 0.944 bits per heavy atom. The van der Waals surface area contributed by atoms with Gasteiger partial charge in [-0.2, -0.15) is 0 Å². The number of hydrogen-bond donors (Lipinski definition) is 1. The van der Waals surface area contributed by atoms with Gasteiger partial charge in [-0.25, -0.2) is 0 Å². The zero-order valence-corrected chi connectivity index (χ0v) is 13.5. The van der Waals surface area contributed by atoms with Crippen molar-refractivity contribution in [2.45, 2.75) is 58.2 Å². The maximum Gasteiger partial charge on any atom is 0.258 e. The van der Waals surface area contributed by atoms with Crippen molar-refractivity contribution in [3.63, 3.8) is 0 Å². The minimum absolute atomic E-state index is 0.582. The summed E-state index contributed by atoms with van der Waals surface area (Å²) in [7, 11) is -1.85. The highest BCUT2D eigenvalue weighted by Crippen LogP contribution is 2.42. The maximum absolute atomic E-state index is 6.53. The summed E-state index contributed by atoms with van der Waals surface area (Å²) in [4.78, 5) is 0. The molecule has 0 unspecified atom stereocenters. The third-order valence-corrected chi connectivity index (χ3v) is 9.86. The Labute approximate surface area is 113 Å². The molecule has 0 aromatic heterocycles. The molecule has 0 bridgehead atoms. The number of hydrogen-bond acceptors (Lipinski definition) is 2. The van der Waals surface area contributed by atoms with E-state index in [9.17, 15) is 0 Å². The summed E-state index contributed by atoms with van der Waals surface area (Å²) in [6.45, 7) is 13.7. The van der Waals surface area contributed by atoms with E-state index in [1.54, 1.807) is 0 Å². The molecular formula is C15H27NOSi. The molecule has 0 heterocycles. The monoisotopic (exact) mass is 265 g/mol. The Bertz CT molecular complexity index is 366. The predicted molar refractivity (Wildman–Crippen MR) is 82.5 cm³/mol. The second-order valence-corrected chi connectivity index (χ2v) is 11.4. The van der Waals surface area contributed by atoms with Gasteiger partial charge in [0.2, 0.25) is 0 Å². The summed E-state index contributed by atoms with van der Waals surface area (Å²) in [6.07, 6.45) is 0. The number of nitrogen functional groups attached to an aromatic ring is 1. The lowest BCUT2D eigenvalue weighted by atomic mass is 10.3. The van der Waals surface area contributed by atoms with E-state index in [-0.39, 0.29) is 0 Å². The Hall–Kier alpha value is -0.963. The van der Waals surface area contributed by atoms with Gasteiger partial charge in [0.05, 0.1) is 0 Å². The molecule has 0 saturated heterocycles. The molecule has 2 N–H and O–H groups in total. The molecule has 0 fully saturated rings. The second-order valence-electron chi connectivity index (χ2n) is 5.99. The van der Waals surface area contributed by atoms with Gasteiger partial charge in [0.1, 0.15) is 5.75 Å². The van der Waals surface area contributed by atoms with E-state index >= 15 is 0 Å². The maximum atomic E-state index is 6.53. The summed E-state index contributed by atoms with van der Waals surface area (Å²) in [5.74, 6) is 0.928. The Balaban J connectivity index is 3.12. The fourth-order valence-electron chi connectivity index (χ4n) is 3.14. The molecule has 2 nitrogen and oxygen atoms in total. The van der Waals surface area contributed by atoms with E-state index in [4.69, 9.17) is 10.2 Å². The van der Waals surface area contributed by atoms with E-state index in [1.165, 1.54) is 0 Å². The molecule has 102 valence electrons. The highest BCUT2D eigenvalue weighted by atomic mass is 28.4. The molecule has 1 rings (SSSR count). The first kappa shape index (κ1) is 15.1. The van der Waals surface area contributed by atoms with Gasteiger partial charge in [-0.1, -0.05) is 47.6 Å². The molecule has 18 heavy (non-hydrogen) atoms. The molecule has 0 spiro atoms. The van der Waals surface area contributed by atoms with Gasteiger partial charge in [-0.05, 0) is 28.8 Å². The van der Waals surface area contributed by atoms with Crippen LogP contribution in [0.1, 0.15) is 41.5 Å². The molecule has 0 aliphatic rings. The molecule has 0 saturated carbocycles. The van der Waals surface area contributed by atoms with E-state index in [2.05, 4.69) is 41.5 Å². The summed E-state index contributed by atoms with van der Waals surface area (Å²) in [5.41, 5.74) is 8.36. The average molecular weight is 265 g/mol. The van der Waals surface area contributed by atoms with Crippen molar-refractivity contribution in [2.75, 3.05) is 5.73 Å². The number of anilines is 1. The number of nitrogens with two attached hydrogens (primary N) is 1. The third-order valence-electron chi connectivity index (χ3n) is 3.86.